The summed E-state index contributed by atoms with van der Waals surface area (Å²) in [4.78, 5) is 21.9. The maximum absolute atomic E-state index is 10.9. The summed E-state index contributed by atoms with van der Waals surface area (Å²) in [7, 11) is 0. The highest BCUT2D eigenvalue weighted by molar-refractivity contribution is 5.87. The minimum Gasteiger partial charge on any atom is -0.478 e. The molecule has 6 heteroatoms. The van der Waals surface area contributed by atoms with Gasteiger partial charge in [-0.25, -0.2) is 14.8 Å². The zero-order valence-electron chi connectivity index (χ0n) is 14.5. The highest BCUT2D eigenvalue weighted by atomic mass is 16.4. The molecule has 1 aromatic heterocycles. The minimum absolute atomic E-state index is 0.322. The second-order valence-electron chi connectivity index (χ2n) is 6.39. The zero-order valence-corrected chi connectivity index (χ0v) is 14.5. The summed E-state index contributed by atoms with van der Waals surface area (Å²) in [5.41, 5.74) is 2.49. The number of carboxylic acids is 1. The lowest BCUT2D eigenvalue weighted by Gasteiger charge is -2.34. The summed E-state index contributed by atoms with van der Waals surface area (Å²) in [5, 5.41) is 12.5. The summed E-state index contributed by atoms with van der Waals surface area (Å²) in [6.07, 6.45) is 4.82. The van der Waals surface area contributed by atoms with E-state index in [0.29, 0.717) is 11.6 Å². The van der Waals surface area contributed by atoms with E-state index in [1.54, 1.807) is 18.5 Å². The molecule has 0 aliphatic carbocycles. The van der Waals surface area contributed by atoms with Gasteiger partial charge in [-0.2, -0.15) is 0 Å². The lowest BCUT2D eigenvalue weighted by molar-refractivity contribution is 0.0697. The first-order chi connectivity index (χ1) is 12.2. The molecule has 1 aliphatic rings. The monoisotopic (exact) mass is 340 g/mol. The van der Waals surface area contributed by atoms with Gasteiger partial charge in [0.15, 0.2) is 0 Å². The van der Waals surface area contributed by atoms with Crippen molar-refractivity contribution in [3.05, 3.63) is 53.5 Å². The van der Waals surface area contributed by atoms with E-state index in [0.717, 1.165) is 56.0 Å². The molecule has 1 atom stereocenters. The van der Waals surface area contributed by atoms with E-state index in [1.807, 2.05) is 12.1 Å². The van der Waals surface area contributed by atoms with Gasteiger partial charge in [-0.15, -0.1) is 0 Å². The average Bonchev–Trinajstić information content (AvgIpc) is 2.67. The minimum atomic E-state index is -0.890. The first-order valence-electron chi connectivity index (χ1n) is 8.77. The fraction of sp³-hybridized carbons (Fsp3) is 0.421. The van der Waals surface area contributed by atoms with Crippen LogP contribution < -0.4 is 10.2 Å². The number of aryl methyl sites for hydroxylation is 1. The Labute approximate surface area is 147 Å². The summed E-state index contributed by atoms with van der Waals surface area (Å²) in [5.74, 6) is 0.114. The molecule has 3 rings (SSSR count). The number of anilines is 1. The molecule has 0 saturated carbocycles. The topological polar surface area (TPSA) is 78.4 Å². The molecule has 25 heavy (non-hydrogen) atoms. The second kappa shape index (κ2) is 8.07. The average molecular weight is 340 g/mol. The van der Waals surface area contributed by atoms with E-state index in [2.05, 4.69) is 33.2 Å². The molecular weight excluding hydrogens is 316 g/mol. The number of aromatic carboxylic acids is 1. The van der Waals surface area contributed by atoms with Crippen LogP contribution in [0.4, 0.5) is 5.82 Å². The Bertz CT molecular complexity index is 718. The highest BCUT2D eigenvalue weighted by Crippen LogP contribution is 2.18. The van der Waals surface area contributed by atoms with Crippen molar-refractivity contribution in [2.75, 3.05) is 18.0 Å². The van der Waals surface area contributed by atoms with Gasteiger partial charge in [-0.1, -0.05) is 19.1 Å². The van der Waals surface area contributed by atoms with Crippen LogP contribution in [-0.4, -0.2) is 40.2 Å². The standard InChI is InChI=1S/C19H24N4O2/c1-2-16-10-18(22-13-21-16)23-9-3-4-17(12-23)20-11-14-5-7-15(8-6-14)19(24)25/h5-8,10,13,17,20H,2-4,9,11-12H2,1H3,(H,24,25). The maximum Gasteiger partial charge on any atom is 0.335 e. The third-order valence-corrected chi connectivity index (χ3v) is 4.61. The van der Waals surface area contributed by atoms with Gasteiger partial charge >= 0.3 is 5.97 Å². The predicted molar refractivity (Wildman–Crippen MR) is 96.9 cm³/mol. The molecule has 6 nitrogen and oxygen atoms in total. The number of benzene rings is 1. The van der Waals surface area contributed by atoms with Gasteiger partial charge in [0.05, 0.1) is 5.56 Å². The Morgan fingerprint density at radius 2 is 2.12 bits per heavy atom. The Morgan fingerprint density at radius 1 is 1.32 bits per heavy atom. The third kappa shape index (κ3) is 4.54. The summed E-state index contributed by atoms with van der Waals surface area (Å²) in [6.45, 7) is 4.78. The smallest absolute Gasteiger partial charge is 0.335 e. The number of rotatable bonds is 6. The first kappa shape index (κ1) is 17.4. The molecule has 1 unspecified atom stereocenters. The lowest BCUT2D eigenvalue weighted by atomic mass is 10.0. The number of hydrogen-bond acceptors (Lipinski definition) is 5. The largest absolute Gasteiger partial charge is 0.478 e. The van der Waals surface area contributed by atoms with Crippen LogP contribution in [0.2, 0.25) is 0 Å². The Balaban J connectivity index is 1.57. The van der Waals surface area contributed by atoms with Crippen LogP contribution in [0.3, 0.4) is 0 Å². The quantitative estimate of drug-likeness (QED) is 0.841. The van der Waals surface area contributed by atoms with Crippen LogP contribution in [0.5, 0.6) is 0 Å². The summed E-state index contributed by atoms with van der Waals surface area (Å²) in [6, 6.07) is 9.52. The van der Waals surface area contributed by atoms with E-state index in [-0.39, 0.29) is 0 Å². The fourth-order valence-corrected chi connectivity index (χ4v) is 3.13. The van der Waals surface area contributed by atoms with Gasteiger partial charge in [0.2, 0.25) is 0 Å². The molecule has 1 fully saturated rings. The second-order valence-corrected chi connectivity index (χ2v) is 6.39. The van der Waals surface area contributed by atoms with Crippen molar-refractivity contribution in [2.45, 2.75) is 38.8 Å². The van der Waals surface area contributed by atoms with Crippen molar-refractivity contribution >= 4 is 11.8 Å². The molecule has 132 valence electrons. The molecule has 1 aliphatic heterocycles. The van der Waals surface area contributed by atoms with Crippen LogP contribution in [0.25, 0.3) is 0 Å². The molecule has 1 saturated heterocycles. The molecule has 0 amide bonds. The Hall–Kier alpha value is -2.47. The van der Waals surface area contributed by atoms with Gasteiger partial charge in [-0.3, -0.25) is 0 Å². The van der Waals surface area contributed by atoms with Crippen molar-refractivity contribution in [1.82, 2.24) is 15.3 Å². The Morgan fingerprint density at radius 3 is 2.84 bits per heavy atom. The molecule has 2 aromatic rings. The van der Waals surface area contributed by atoms with E-state index in [4.69, 9.17) is 5.11 Å². The number of nitrogens with zero attached hydrogens (tertiary/aromatic N) is 3. The number of aromatic nitrogens is 2. The van der Waals surface area contributed by atoms with Crippen LogP contribution in [-0.2, 0) is 13.0 Å². The van der Waals surface area contributed by atoms with Gasteiger partial charge in [0.25, 0.3) is 0 Å². The summed E-state index contributed by atoms with van der Waals surface area (Å²) >= 11 is 0. The van der Waals surface area contributed by atoms with E-state index >= 15 is 0 Å². The predicted octanol–water partition coefficient (Wildman–Crippen LogP) is 2.50. The van der Waals surface area contributed by atoms with Crippen LogP contribution in [0, 0.1) is 0 Å². The number of carbonyl (C=O) groups is 1. The van der Waals surface area contributed by atoms with Crippen molar-refractivity contribution < 1.29 is 9.90 Å². The fourth-order valence-electron chi connectivity index (χ4n) is 3.13. The molecule has 0 spiro atoms. The normalized spacial score (nSPS) is 17.5. The van der Waals surface area contributed by atoms with Crippen molar-refractivity contribution in [3.63, 3.8) is 0 Å². The first-order valence-corrected chi connectivity index (χ1v) is 8.77. The maximum atomic E-state index is 10.9. The van der Waals surface area contributed by atoms with E-state index in [9.17, 15) is 4.79 Å². The third-order valence-electron chi connectivity index (χ3n) is 4.61. The van der Waals surface area contributed by atoms with Crippen LogP contribution in [0.1, 0.15) is 41.4 Å². The van der Waals surface area contributed by atoms with Gasteiger partial charge in [-0.05, 0) is 37.0 Å². The number of hydrogen-bond donors (Lipinski definition) is 2. The van der Waals surface area contributed by atoms with Crippen molar-refractivity contribution in [3.8, 4) is 0 Å². The highest BCUT2D eigenvalue weighted by Gasteiger charge is 2.20. The van der Waals surface area contributed by atoms with Gasteiger partial charge in [0.1, 0.15) is 12.1 Å². The number of carboxylic acid groups (broad SMARTS) is 1. The van der Waals surface area contributed by atoms with Crippen molar-refractivity contribution in [1.29, 1.82) is 0 Å². The molecule has 2 heterocycles. The molecular formula is C19H24N4O2. The summed E-state index contributed by atoms with van der Waals surface area (Å²) < 4.78 is 0. The molecule has 2 N–H and O–H groups in total. The van der Waals surface area contributed by atoms with E-state index in [1.165, 1.54) is 0 Å². The molecule has 0 radical (unpaired) electrons. The molecule has 1 aromatic carbocycles. The number of nitrogens with one attached hydrogen (secondary N) is 1. The SMILES string of the molecule is CCc1cc(N2CCCC(NCc3ccc(C(=O)O)cc3)C2)ncn1. The van der Waals surface area contributed by atoms with Crippen LogP contribution >= 0.6 is 0 Å². The van der Waals surface area contributed by atoms with E-state index < -0.39 is 5.97 Å². The zero-order chi connectivity index (χ0) is 17.6. The van der Waals surface area contributed by atoms with Crippen LogP contribution in [0.15, 0.2) is 36.7 Å². The number of piperidine rings is 1. The van der Waals surface area contributed by atoms with Gasteiger partial charge in [0, 0.05) is 37.4 Å². The Kier molecular flexibility index (Phi) is 5.60. The van der Waals surface area contributed by atoms with Gasteiger partial charge < -0.3 is 15.3 Å². The lowest BCUT2D eigenvalue weighted by Crippen LogP contribution is -2.45. The molecule has 0 bridgehead atoms. The van der Waals surface area contributed by atoms with Crippen molar-refractivity contribution in [2.24, 2.45) is 0 Å².